The van der Waals surface area contributed by atoms with Crippen molar-refractivity contribution in [2.45, 2.75) is 19.3 Å². The second-order valence-corrected chi connectivity index (χ2v) is 5.73. The maximum atomic E-state index is 11.9. The van der Waals surface area contributed by atoms with Crippen LogP contribution in [0.4, 0.5) is 0 Å². The SMILES string of the molecule is NCCC(=O)c1cc(Cl)c2c(c1)OCC1(CC1)CO2. The molecule has 0 unspecified atom stereocenters. The zero-order valence-corrected chi connectivity index (χ0v) is 11.3. The molecule has 1 spiro atoms. The Morgan fingerprint density at radius 1 is 1.32 bits per heavy atom. The number of fused-ring (bicyclic) bond motifs is 1. The first-order valence-corrected chi connectivity index (χ1v) is 6.84. The Bertz CT molecular complexity index is 526. The minimum atomic E-state index is -0.0267. The van der Waals surface area contributed by atoms with Crippen molar-refractivity contribution in [3.63, 3.8) is 0 Å². The average molecular weight is 282 g/mol. The highest BCUT2D eigenvalue weighted by Crippen LogP contribution is 2.50. The summed E-state index contributed by atoms with van der Waals surface area (Å²) >= 11 is 6.19. The van der Waals surface area contributed by atoms with E-state index >= 15 is 0 Å². The first-order chi connectivity index (χ1) is 9.13. The van der Waals surface area contributed by atoms with E-state index in [0.29, 0.717) is 48.3 Å². The predicted molar refractivity (Wildman–Crippen MR) is 72.1 cm³/mol. The highest BCUT2D eigenvalue weighted by atomic mass is 35.5. The van der Waals surface area contributed by atoms with Gasteiger partial charge in [0.1, 0.15) is 0 Å². The Labute approximate surface area is 116 Å². The maximum absolute atomic E-state index is 11.9. The van der Waals surface area contributed by atoms with Crippen LogP contribution >= 0.6 is 11.6 Å². The first-order valence-electron chi connectivity index (χ1n) is 6.46. The van der Waals surface area contributed by atoms with Crippen molar-refractivity contribution in [2.75, 3.05) is 19.8 Å². The van der Waals surface area contributed by atoms with Crippen LogP contribution < -0.4 is 15.2 Å². The Kier molecular flexibility index (Phi) is 3.15. The van der Waals surface area contributed by atoms with Gasteiger partial charge in [0, 0.05) is 17.4 Å². The van der Waals surface area contributed by atoms with Gasteiger partial charge in [-0.1, -0.05) is 11.6 Å². The largest absolute Gasteiger partial charge is 0.489 e. The molecule has 4 nitrogen and oxygen atoms in total. The van der Waals surface area contributed by atoms with E-state index in [-0.39, 0.29) is 11.2 Å². The summed E-state index contributed by atoms with van der Waals surface area (Å²) in [4.78, 5) is 11.9. The number of hydrogen-bond acceptors (Lipinski definition) is 4. The normalized spacial score (nSPS) is 19.1. The number of halogens is 1. The second kappa shape index (κ2) is 4.69. The van der Waals surface area contributed by atoms with Crippen LogP contribution in [-0.2, 0) is 0 Å². The fraction of sp³-hybridized carbons (Fsp3) is 0.500. The summed E-state index contributed by atoms with van der Waals surface area (Å²) in [5, 5.41) is 0.426. The highest BCUT2D eigenvalue weighted by molar-refractivity contribution is 6.32. The molecule has 2 aliphatic rings. The van der Waals surface area contributed by atoms with Gasteiger partial charge in [0.2, 0.25) is 0 Å². The molecule has 0 bridgehead atoms. The van der Waals surface area contributed by atoms with Crippen molar-refractivity contribution in [3.8, 4) is 11.5 Å². The lowest BCUT2D eigenvalue weighted by Crippen LogP contribution is -2.17. The van der Waals surface area contributed by atoms with Gasteiger partial charge < -0.3 is 15.2 Å². The summed E-state index contributed by atoms with van der Waals surface area (Å²) in [5.74, 6) is 1.09. The molecule has 1 aliphatic heterocycles. The van der Waals surface area contributed by atoms with E-state index in [1.807, 2.05) is 0 Å². The summed E-state index contributed by atoms with van der Waals surface area (Å²) in [7, 11) is 0. The van der Waals surface area contributed by atoms with E-state index in [0.717, 1.165) is 12.8 Å². The zero-order valence-electron chi connectivity index (χ0n) is 10.6. The fourth-order valence-electron chi connectivity index (χ4n) is 2.22. The Balaban J connectivity index is 1.91. The number of carbonyl (C=O) groups is 1. The number of ether oxygens (including phenoxy) is 2. The van der Waals surface area contributed by atoms with E-state index in [9.17, 15) is 4.79 Å². The predicted octanol–water partition coefficient (Wildman–Crippen LogP) is 2.42. The molecule has 1 aromatic rings. The number of rotatable bonds is 3. The highest BCUT2D eigenvalue weighted by Gasteiger charge is 2.46. The average Bonchev–Trinajstić information content (AvgIpc) is 3.18. The van der Waals surface area contributed by atoms with Crippen LogP contribution in [-0.4, -0.2) is 25.5 Å². The molecule has 0 amide bonds. The third kappa shape index (κ3) is 2.42. The lowest BCUT2D eigenvalue weighted by molar-refractivity contribution is 0.0985. The van der Waals surface area contributed by atoms with Gasteiger partial charge in [0.05, 0.1) is 18.2 Å². The number of nitrogens with two attached hydrogens (primary N) is 1. The smallest absolute Gasteiger partial charge is 0.179 e. The molecule has 1 fully saturated rings. The lowest BCUT2D eigenvalue weighted by Gasteiger charge is -2.10. The lowest BCUT2D eigenvalue weighted by atomic mass is 10.1. The van der Waals surface area contributed by atoms with Crippen LogP contribution in [0.1, 0.15) is 29.6 Å². The molecule has 0 saturated heterocycles. The second-order valence-electron chi connectivity index (χ2n) is 5.32. The van der Waals surface area contributed by atoms with Crippen molar-refractivity contribution in [2.24, 2.45) is 11.1 Å². The Morgan fingerprint density at radius 2 is 2.05 bits per heavy atom. The van der Waals surface area contributed by atoms with Crippen molar-refractivity contribution < 1.29 is 14.3 Å². The molecule has 3 rings (SSSR count). The van der Waals surface area contributed by atoms with Crippen molar-refractivity contribution >= 4 is 17.4 Å². The van der Waals surface area contributed by atoms with Crippen molar-refractivity contribution in [3.05, 3.63) is 22.7 Å². The molecule has 1 aliphatic carbocycles. The summed E-state index contributed by atoms with van der Waals surface area (Å²) in [6.45, 7) is 1.59. The van der Waals surface area contributed by atoms with E-state index in [2.05, 4.69) is 0 Å². The van der Waals surface area contributed by atoms with Gasteiger partial charge in [-0.3, -0.25) is 4.79 Å². The van der Waals surface area contributed by atoms with Crippen LogP contribution in [0.25, 0.3) is 0 Å². The molecule has 1 heterocycles. The van der Waals surface area contributed by atoms with Crippen LogP contribution in [0.3, 0.4) is 0 Å². The first kappa shape index (κ1) is 12.8. The van der Waals surface area contributed by atoms with Crippen molar-refractivity contribution in [1.82, 2.24) is 0 Å². The molecule has 0 aromatic heterocycles. The van der Waals surface area contributed by atoms with Gasteiger partial charge in [-0.05, 0) is 31.5 Å². The Morgan fingerprint density at radius 3 is 2.74 bits per heavy atom. The number of carbonyl (C=O) groups excluding carboxylic acids is 1. The summed E-state index contributed by atoms with van der Waals surface area (Å²) in [6, 6.07) is 3.34. The minimum Gasteiger partial charge on any atom is -0.489 e. The Hall–Kier alpha value is -1.26. The molecular formula is C14H16ClNO3. The van der Waals surface area contributed by atoms with Crippen molar-refractivity contribution in [1.29, 1.82) is 0 Å². The third-order valence-electron chi connectivity index (χ3n) is 3.72. The third-order valence-corrected chi connectivity index (χ3v) is 4.00. The van der Waals surface area contributed by atoms with Gasteiger partial charge in [0.15, 0.2) is 17.3 Å². The van der Waals surface area contributed by atoms with E-state index in [4.69, 9.17) is 26.8 Å². The zero-order chi connectivity index (χ0) is 13.5. The van der Waals surface area contributed by atoms with Gasteiger partial charge in [-0.25, -0.2) is 0 Å². The topological polar surface area (TPSA) is 61.6 Å². The quantitative estimate of drug-likeness (QED) is 0.865. The van der Waals surface area contributed by atoms with Gasteiger partial charge in [-0.15, -0.1) is 0 Å². The number of ketones is 1. The van der Waals surface area contributed by atoms with Gasteiger partial charge in [0.25, 0.3) is 0 Å². The van der Waals surface area contributed by atoms with E-state index in [1.54, 1.807) is 12.1 Å². The summed E-state index contributed by atoms with van der Waals surface area (Å²) in [6.07, 6.45) is 2.55. The van der Waals surface area contributed by atoms with Crippen LogP contribution in [0.15, 0.2) is 12.1 Å². The molecule has 19 heavy (non-hydrogen) atoms. The molecule has 1 saturated carbocycles. The summed E-state index contributed by atoms with van der Waals surface area (Å²) < 4.78 is 11.5. The standard InChI is InChI=1S/C14H16ClNO3/c15-10-5-9(11(17)1-4-16)6-12-13(10)19-8-14(2-3-14)7-18-12/h5-6H,1-4,7-8,16H2. The van der Waals surface area contributed by atoms with Crippen LogP contribution in [0, 0.1) is 5.41 Å². The molecule has 0 atom stereocenters. The summed E-state index contributed by atoms with van der Waals surface area (Å²) in [5.41, 5.74) is 6.09. The maximum Gasteiger partial charge on any atom is 0.179 e. The molecule has 5 heteroatoms. The van der Waals surface area contributed by atoms with Gasteiger partial charge in [-0.2, -0.15) is 0 Å². The minimum absolute atomic E-state index is 0.0267. The molecular weight excluding hydrogens is 266 g/mol. The van der Waals surface area contributed by atoms with Crippen LogP contribution in [0.5, 0.6) is 11.5 Å². The van der Waals surface area contributed by atoms with E-state index in [1.165, 1.54) is 0 Å². The molecule has 1 aromatic carbocycles. The molecule has 2 N–H and O–H groups in total. The number of Topliss-reactive ketones (excluding diaryl/α,β-unsaturated/α-hetero) is 1. The molecule has 0 radical (unpaired) electrons. The van der Waals surface area contributed by atoms with E-state index < -0.39 is 0 Å². The number of hydrogen-bond donors (Lipinski definition) is 1. The van der Waals surface area contributed by atoms with Crippen LogP contribution in [0.2, 0.25) is 5.02 Å². The monoisotopic (exact) mass is 281 g/mol. The number of benzene rings is 1. The fourth-order valence-corrected chi connectivity index (χ4v) is 2.48. The van der Waals surface area contributed by atoms with Gasteiger partial charge >= 0.3 is 0 Å². The molecule has 102 valence electrons.